The molecule has 3 aromatic rings. The van der Waals surface area contributed by atoms with Crippen LogP contribution in [-0.2, 0) is 4.79 Å². The van der Waals surface area contributed by atoms with E-state index >= 15 is 0 Å². The molecule has 0 fully saturated rings. The fraction of sp³-hybridized carbons (Fsp3) is 0.286. The van der Waals surface area contributed by atoms with Crippen LogP contribution in [0, 0.1) is 5.92 Å². The third-order valence-corrected chi connectivity index (χ3v) is 4.72. The molecule has 4 heteroatoms. The van der Waals surface area contributed by atoms with Crippen molar-refractivity contribution in [2.75, 3.05) is 6.54 Å². The van der Waals surface area contributed by atoms with Crippen LogP contribution in [0.1, 0.15) is 37.3 Å². The number of rotatable bonds is 6. The van der Waals surface area contributed by atoms with Crippen LogP contribution >= 0.6 is 11.6 Å². The first-order valence-electron chi connectivity index (χ1n) is 8.63. The van der Waals surface area contributed by atoms with E-state index in [1.807, 2.05) is 56.4 Å². The number of carbonyl (C=O) groups excluding carboxylic acids is 1. The maximum atomic E-state index is 12.2. The molecule has 0 unspecified atom stereocenters. The molecule has 130 valence electrons. The zero-order valence-electron chi connectivity index (χ0n) is 14.6. The van der Waals surface area contributed by atoms with E-state index in [1.165, 1.54) is 0 Å². The SMILES string of the molecule is CC(C)CC(=O)NC[C@@H](c1ccccc1Cl)c1c[nH]c2ccccc12. The maximum absolute atomic E-state index is 12.2. The molecule has 2 aromatic carbocycles. The van der Waals surface area contributed by atoms with Gasteiger partial charge in [-0.2, -0.15) is 0 Å². The molecule has 0 aliphatic heterocycles. The Morgan fingerprint density at radius 1 is 1.08 bits per heavy atom. The molecule has 0 radical (unpaired) electrons. The van der Waals surface area contributed by atoms with Crippen molar-refractivity contribution in [3.8, 4) is 0 Å². The summed E-state index contributed by atoms with van der Waals surface area (Å²) < 4.78 is 0. The zero-order chi connectivity index (χ0) is 17.8. The van der Waals surface area contributed by atoms with Crippen LogP contribution in [0.2, 0.25) is 5.02 Å². The first-order chi connectivity index (χ1) is 12.1. The summed E-state index contributed by atoms with van der Waals surface area (Å²) in [6, 6.07) is 16.0. The minimum Gasteiger partial charge on any atom is -0.361 e. The highest BCUT2D eigenvalue weighted by Crippen LogP contribution is 2.34. The van der Waals surface area contributed by atoms with Gasteiger partial charge in [0, 0.05) is 41.0 Å². The van der Waals surface area contributed by atoms with Gasteiger partial charge in [0.15, 0.2) is 0 Å². The molecule has 25 heavy (non-hydrogen) atoms. The number of para-hydroxylation sites is 1. The van der Waals surface area contributed by atoms with E-state index in [4.69, 9.17) is 11.6 Å². The second kappa shape index (κ2) is 7.75. The van der Waals surface area contributed by atoms with Gasteiger partial charge in [-0.3, -0.25) is 4.79 Å². The summed E-state index contributed by atoms with van der Waals surface area (Å²) in [6.07, 6.45) is 2.55. The molecule has 1 atom stereocenters. The van der Waals surface area contributed by atoms with Crippen molar-refractivity contribution in [3.63, 3.8) is 0 Å². The maximum Gasteiger partial charge on any atom is 0.220 e. The smallest absolute Gasteiger partial charge is 0.220 e. The lowest BCUT2D eigenvalue weighted by atomic mass is 9.90. The quantitative estimate of drug-likeness (QED) is 0.634. The largest absolute Gasteiger partial charge is 0.361 e. The van der Waals surface area contributed by atoms with Gasteiger partial charge in [0.05, 0.1) is 0 Å². The normalized spacial score (nSPS) is 12.5. The van der Waals surface area contributed by atoms with Crippen molar-refractivity contribution in [3.05, 3.63) is 70.9 Å². The Balaban J connectivity index is 1.95. The number of halogens is 1. The van der Waals surface area contributed by atoms with E-state index in [2.05, 4.69) is 22.4 Å². The van der Waals surface area contributed by atoms with Gasteiger partial charge < -0.3 is 10.3 Å². The number of hydrogen-bond acceptors (Lipinski definition) is 1. The Morgan fingerprint density at radius 3 is 2.56 bits per heavy atom. The molecule has 2 N–H and O–H groups in total. The number of amides is 1. The van der Waals surface area contributed by atoms with Crippen LogP contribution in [0.15, 0.2) is 54.7 Å². The zero-order valence-corrected chi connectivity index (χ0v) is 15.3. The second-order valence-corrected chi connectivity index (χ2v) is 7.17. The van der Waals surface area contributed by atoms with E-state index < -0.39 is 0 Å². The third kappa shape index (κ3) is 4.05. The van der Waals surface area contributed by atoms with Crippen molar-refractivity contribution < 1.29 is 4.79 Å². The number of hydrogen-bond donors (Lipinski definition) is 2. The summed E-state index contributed by atoms with van der Waals surface area (Å²) >= 11 is 6.46. The monoisotopic (exact) mass is 354 g/mol. The van der Waals surface area contributed by atoms with Gasteiger partial charge in [0.25, 0.3) is 0 Å². The van der Waals surface area contributed by atoms with Crippen molar-refractivity contribution in [1.29, 1.82) is 0 Å². The van der Waals surface area contributed by atoms with Crippen LogP contribution in [0.3, 0.4) is 0 Å². The van der Waals surface area contributed by atoms with E-state index in [0.29, 0.717) is 18.9 Å². The Hall–Kier alpha value is -2.26. The predicted molar refractivity (Wildman–Crippen MR) is 104 cm³/mol. The lowest BCUT2D eigenvalue weighted by molar-refractivity contribution is -0.121. The molecule has 3 rings (SSSR count). The predicted octanol–water partition coefficient (Wildman–Crippen LogP) is 5.12. The van der Waals surface area contributed by atoms with Gasteiger partial charge in [-0.1, -0.05) is 61.8 Å². The molecular weight excluding hydrogens is 332 g/mol. The molecule has 0 saturated carbocycles. The minimum atomic E-state index is 0.000891. The van der Waals surface area contributed by atoms with E-state index in [-0.39, 0.29) is 11.8 Å². The molecular formula is C21H23ClN2O. The molecule has 0 bridgehead atoms. The van der Waals surface area contributed by atoms with Crippen molar-refractivity contribution >= 4 is 28.4 Å². The molecule has 0 aliphatic carbocycles. The van der Waals surface area contributed by atoms with Crippen LogP contribution in [0.5, 0.6) is 0 Å². The van der Waals surface area contributed by atoms with Crippen LogP contribution in [0.25, 0.3) is 10.9 Å². The summed E-state index contributed by atoms with van der Waals surface area (Å²) in [6.45, 7) is 4.62. The summed E-state index contributed by atoms with van der Waals surface area (Å²) in [5, 5.41) is 4.96. The second-order valence-electron chi connectivity index (χ2n) is 6.77. The summed E-state index contributed by atoms with van der Waals surface area (Å²) in [5.41, 5.74) is 3.26. The summed E-state index contributed by atoms with van der Waals surface area (Å²) in [5.74, 6) is 0.416. The summed E-state index contributed by atoms with van der Waals surface area (Å²) in [4.78, 5) is 15.5. The fourth-order valence-electron chi connectivity index (χ4n) is 3.19. The third-order valence-electron chi connectivity index (χ3n) is 4.37. The number of aromatic nitrogens is 1. The van der Waals surface area contributed by atoms with Gasteiger partial charge in [-0.25, -0.2) is 0 Å². The highest BCUT2D eigenvalue weighted by molar-refractivity contribution is 6.31. The number of H-pyrrole nitrogens is 1. The van der Waals surface area contributed by atoms with E-state index in [0.717, 1.165) is 27.1 Å². The van der Waals surface area contributed by atoms with Gasteiger partial charge in [0.1, 0.15) is 0 Å². The number of fused-ring (bicyclic) bond motifs is 1. The highest BCUT2D eigenvalue weighted by atomic mass is 35.5. The number of aromatic amines is 1. The van der Waals surface area contributed by atoms with E-state index in [1.54, 1.807) is 0 Å². The molecule has 1 heterocycles. The Morgan fingerprint density at radius 2 is 1.80 bits per heavy atom. The molecule has 0 aliphatic rings. The Bertz CT molecular complexity index is 869. The lowest BCUT2D eigenvalue weighted by Crippen LogP contribution is -2.29. The highest BCUT2D eigenvalue weighted by Gasteiger charge is 2.21. The van der Waals surface area contributed by atoms with Crippen molar-refractivity contribution in [1.82, 2.24) is 10.3 Å². The summed E-state index contributed by atoms with van der Waals surface area (Å²) in [7, 11) is 0. The average molecular weight is 355 g/mol. The number of carbonyl (C=O) groups is 1. The van der Waals surface area contributed by atoms with E-state index in [9.17, 15) is 4.79 Å². The molecule has 1 amide bonds. The van der Waals surface area contributed by atoms with Crippen LogP contribution in [0.4, 0.5) is 0 Å². The topological polar surface area (TPSA) is 44.9 Å². The Kier molecular flexibility index (Phi) is 5.44. The van der Waals surface area contributed by atoms with Crippen molar-refractivity contribution in [2.24, 2.45) is 5.92 Å². The van der Waals surface area contributed by atoms with Gasteiger partial charge in [-0.15, -0.1) is 0 Å². The van der Waals surface area contributed by atoms with Gasteiger partial charge in [-0.05, 0) is 29.2 Å². The number of benzene rings is 2. The van der Waals surface area contributed by atoms with Crippen LogP contribution < -0.4 is 5.32 Å². The lowest BCUT2D eigenvalue weighted by Gasteiger charge is -2.20. The van der Waals surface area contributed by atoms with Gasteiger partial charge in [0.2, 0.25) is 5.91 Å². The first kappa shape index (κ1) is 17.6. The minimum absolute atomic E-state index is 0.000891. The molecule has 0 spiro atoms. The molecule has 0 saturated heterocycles. The molecule has 3 nitrogen and oxygen atoms in total. The first-order valence-corrected chi connectivity index (χ1v) is 9.01. The van der Waals surface area contributed by atoms with Gasteiger partial charge >= 0.3 is 0 Å². The fourth-order valence-corrected chi connectivity index (χ4v) is 3.45. The standard InChI is InChI=1S/C21H23ClN2O/c1-14(2)11-21(25)24-13-17(15-7-3-5-9-19(15)22)18-12-23-20-10-6-4-8-16(18)20/h3-10,12,14,17,23H,11,13H2,1-2H3,(H,24,25)/t17-/m0/s1. The van der Waals surface area contributed by atoms with Crippen LogP contribution in [-0.4, -0.2) is 17.4 Å². The molecule has 1 aromatic heterocycles. The number of nitrogens with one attached hydrogen (secondary N) is 2. The average Bonchev–Trinajstić information content (AvgIpc) is 3.00. The van der Waals surface area contributed by atoms with Crippen molar-refractivity contribution in [2.45, 2.75) is 26.2 Å². The Labute approximate surface area is 153 Å².